The molecule has 1 N–H and O–H groups in total. The molecular weight excluding hydrogens is 186 g/mol. The Morgan fingerprint density at radius 2 is 1.60 bits per heavy atom. The third-order valence-electron chi connectivity index (χ3n) is 3.78. The number of hydrogen-bond donors (Lipinski definition) is 1. The molecular formula is C12H25N3. The predicted octanol–water partition coefficient (Wildman–Crippen LogP) is 0.766. The van der Waals surface area contributed by atoms with Gasteiger partial charge in [0.05, 0.1) is 0 Å². The Morgan fingerprint density at radius 1 is 1.00 bits per heavy atom. The number of piperazine rings is 1. The van der Waals surface area contributed by atoms with Crippen LogP contribution in [-0.2, 0) is 0 Å². The molecule has 88 valence electrons. The van der Waals surface area contributed by atoms with Crippen LogP contribution in [0.4, 0.5) is 0 Å². The zero-order valence-electron chi connectivity index (χ0n) is 10.3. The van der Waals surface area contributed by atoms with Gasteiger partial charge in [0.15, 0.2) is 0 Å². The Balaban J connectivity index is 1.86. The van der Waals surface area contributed by atoms with Crippen molar-refractivity contribution in [1.29, 1.82) is 0 Å². The summed E-state index contributed by atoms with van der Waals surface area (Å²) in [5, 5.41) is 3.43. The van der Waals surface area contributed by atoms with E-state index in [0.29, 0.717) is 5.54 Å². The average molecular weight is 211 g/mol. The lowest BCUT2D eigenvalue weighted by Gasteiger charge is -2.43. The maximum Gasteiger partial charge on any atom is 0.0281 e. The highest BCUT2D eigenvalue weighted by Gasteiger charge is 2.30. The summed E-state index contributed by atoms with van der Waals surface area (Å²) in [6.45, 7) is 13.4. The van der Waals surface area contributed by atoms with Crippen molar-refractivity contribution in [3.05, 3.63) is 0 Å². The first kappa shape index (κ1) is 11.4. The molecule has 2 aliphatic rings. The minimum atomic E-state index is 0.354. The van der Waals surface area contributed by atoms with Crippen molar-refractivity contribution < 1.29 is 0 Å². The highest BCUT2D eigenvalue weighted by atomic mass is 15.3. The SMILES string of the molecule is CC(C)(CN1CCCC1)N1CCNCC1. The largest absolute Gasteiger partial charge is 0.314 e. The maximum atomic E-state index is 3.43. The molecule has 0 bridgehead atoms. The summed E-state index contributed by atoms with van der Waals surface area (Å²) >= 11 is 0. The van der Waals surface area contributed by atoms with Crippen molar-refractivity contribution in [2.75, 3.05) is 45.8 Å². The minimum Gasteiger partial charge on any atom is -0.314 e. The van der Waals surface area contributed by atoms with Crippen molar-refractivity contribution in [3.8, 4) is 0 Å². The third-order valence-corrected chi connectivity index (χ3v) is 3.78. The van der Waals surface area contributed by atoms with Crippen molar-refractivity contribution in [2.45, 2.75) is 32.2 Å². The Bertz CT molecular complexity index is 191. The maximum absolute atomic E-state index is 3.43. The van der Waals surface area contributed by atoms with Gasteiger partial charge in [-0.05, 0) is 39.8 Å². The van der Waals surface area contributed by atoms with Gasteiger partial charge < -0.3 is 10.2 Å². The molecule has 0 atom stereocenters. The first-order chi connectivity index (χ1) is 7.18. The second-order valence-corrected chi connectivity index (χ2v) is 5.53. The van der Waals surface area contributed by atoms with Gasteiger partial charge in [0.2, 0.25) is 0 Å². The average Bonchev–Trinajstić information content (AvgIpc) is 2.71. The van der Waals surface area contributed by atoms with Gasteiger partial charge in [0.1, 0.15) is 0 Å². The van der Waals surface area contributed by atoms with Gasteiger partial charge in [0, 0.05) is 38.3 Å². The fraction of sp³-hybridized carbons (Fsp3) is 1.00. The molecule has 2 heterocycles. The first-order valence-electron chi connectivity index (χ1n) is 6.37. The molecule has 0 aliphatic carbocycles. The van der Waals surface area contributed by atoms with E-state index in [2.05, 4.69) is 29.0 Å². The quantitative estimate of drug-likeness (QED) is 0.744. The molecule has 15 heavy (non-hydrogen) atoms. The lowest BCUT2D eigenvalue weighted by atomic mass is 10.0. The van der Waals surface area contributed by atoms with Crippen LogP contribution >= 0.6 is 0 Å². The fourth-order valence-corrected chi connectivity index (χ4v) is 2.86. The number of rotatable bonds is 3. The van der Waals surface area contributed by atoms with Crippen molar-refractivity contribution >= 4 is 0 Å². The second-order valence-electron chi connectivity index (χ2n) is 5.53. The Hall–Kier alpha value is -0.120. The van der Waals surface area contributed by atoms with E-state index < -0.39 is 0 Å². The summed E-state index contributed by atoms with van der Waals surface area (Å²) in [7, 11) is 0. The molecule has 0 aromatic rings. The van der Waals surface area contributed by atoms with E-state index in [1.165, 1.54) is 45.6 Å². The normalized spacial score (nSPS) is 26.0. The van der Waals surface area contributed by atoms with Crippen LogP contribution in [-0.4, -0.2) is 61.2 Å². The lowest BCUT2D eigenvalue weighted by Crippen LogP contribution is -2.57. The predicted molar refractivity (Wildman–Crippen MR) is 64.2 cm³/mol. The molecule has 0 aromatic carbocycles. The van der Waals surface area contributed by atoms with Crippen molar-refractivity contribution in [1.82, 2.24) is 15.1 Å². The summed E-state index contributed by atoms with van der Waals surface area (Å²) in [5.74, 6) is 0. The molecule has 2 rings (SSSR count). The van der Waals surface area contributed by atoms with Crippen LogP contribution < -0.4 is 5.32 Å². The van der Waals surface area contributed by atoms with Gasteiger partial charge >= 0.3 is 0 Å². The Morgan fingerprint density at radius 3 is 2.20 bits per heavy atom. The molecule has 0 unspecified atom stereocenters. The number of likely N-dealkylation sites (tertiary alicyclic amines) is 1. The van der Waals surface area contributed by atoms with E-state index in [1.807, 2.05) is 0 Å². The molecule has 2 saturated heterocycles. The number of hydrogen-bond acceptors (Lipinski definition) is 3. The van der Waals surface area contributed by atoms with Crippen LogP contribution in [0.25, 0.3) is 0 Å². The van der Waals surface area contributed by atoms with E-state index in [0.717, 1.165) is 13.1 Å². The molecule has 2 aliphatic heterocycles. The molecule has 0 amide bonds. The van der Waals surface area contributed by atoms with Crippen LogP contribution in [0.5, 0.6) is 0 Å². The monoisotopic (exact) mass is 211 g/mol. The van der Waals surface area contributed by atoms with Crippen LogP contribution in [0.15, 0.2) is 0 Å². The zero-order chi connectivity index (χ0) is 10.7. The summed E-state index contributed by atoms with van der Waals surface area (Å²) in [5.41, 5.74) is 0.354. The van der Waals surface area contributed by atoms with E-state index >= 15 is 0 Å². The number of nitrogens with one attached hydrogen (secondary N) is 1. The van der Waals surface area contributed by atoms with Crippen LogP contribution in [0.3, 0.4) is 0 Å². The van der Waals surface area contributed by atoms with Gasteiger partial charge in [-0.3, -0.25) is 4.90 Å². The number of nitrogens with zero attached hydrogens (tertiary/aromatic N) is 2. The zero-order valence-corrected chi connectivity index (χ0v) is 10.3. The van der Waals surface area contributed by atoms with Gasteiger partial charge in [0.25, 0.3) is 0 Å². The smallest absolute Gasteiger partial charge is 0.0281 e. The topological polar surface area (TPSA) is 18.5 Å². The van der Waals surface area contributed by atoms with Gasteiger partial charge in [-0.1, -0.05) is 0 Å². The second kappa shape index (κ2) is 4.81. The Kier molecular flexibility index (Phi) is 3.65. The molecule has 0 saturated carbocycles. The highest BCUT2D eigenvalue weighted by Crippen LogP contribution is 2.19. The van der Waals surface area contributed by atoms with Crippen molar-refractivity contribution in [2.24, 2.45) is 0 Å². The van der Waals surface area contributed by atoms with E-state index in [9.17, 15) is 0 Å². The highest BCUT2D eigenvalue weighted by molar-refractivity contribution is 4.88. The molecule has 3 nitrogen and oxygen atoms in total. The minimum absolute atomic E-state index is 0.354. The standard InChI is InChI=1S/C12H25N3/c1-12(2,11-14-7-3-4-8-14)15-9-5-13-6-10-15/h13H,3-11H2,1-2H3. The van der Waals surface area contributed by atoms with E-state index in [-0.39, 0.29) is 0 Å². The van der Waals surface area contributed by atoms with Crippen LogP contribution in [0.1, 0.15) is 26.7 Å². The third kappa shape index (κ3) is 2.92. The fourth-order valence-electron chi connectivity index (χ4n) is 2.86. The van der Waals surface area contributed by atoms with Gasteiger partial charge in [-0.2, -0.15) is 0 Å². The van der Waals surface area contributed by atoms with Crippen molar-refractivity contribution in [3.63, 3.8) is 0 Å². The summed E-state index contributed by atoms with van der Waals surface area (Å²) < 4.78 is 0. The van der Waals surface area contributed by atoms with Gasteiger partial charge in [-0.15, -0.1) is 0 Å². The molecule has 0 radical (unpaired) electrons. The summed E-state index contributed by atoms with van der Waals surface area (Å²) in [6.07, 6.45) is 2.80. The first-order valence-corrected chi connectivity index (χ1v) is 6.37. The molecule has 2 fully saturated rings. The Labute approximate surface area is 93.8 Å². The molecule has 0 spiro atoms. The van der Waals surface area contributed by atoms with Crippen LogP contribution in [0.2, 0.25) is 0 Å². The lowest BCUT2D eigenvalue weighted by molar-refractivity contribution is 0.0708. The molecule has 3 heteroatoms. The van der Waals surface area contributed by atoms with Crippen LogP contribution in [0, 0.1) is 0 Å². The summed E-state index contributed by atoms with van der Waals surface area (Å²) in [6, 6.07) is 0. The summed E-state index contributed by atoms with van der Waals surface area (Å²) in [4.78, 5) is 5.27. The van der Waals surface area contributed by atoms with E-state index in [4.69, 9.17) is 0 Å². The van der Waals surface area contributed by atoms with Gasteiger partial charge in [-0.25, -0.2) is 0 Å². The molecule has 0 aromatic heterocycles. The van der Waals surface area contributed by atoms with E-state index in [1.54, 1.807) is 0 Å².